The third-order valence-electron chi connectivity index (χ3n) is 5.57. The van der Waals surface area contributed by atoms with Crippen molar-refractivity contribution >= 4 is 32.5 Å². The molecule has 2 aliphatic rings. The van der Waals surface area contributed by atoms with Crippen molar-refractivity contribution in [2.75, 3.05) is 12.4 Å². The van der Waals surface area contributed by atoms with Crippen LogP contribution in [0.3, 0.4) is 0 Å². The van der Waals surface area contributed by atoms with Gasteiger partial charge < -0.3 is 5.32 Å². The summed E-state index contributed by atoms with van der Waals surface area (Å²) in [7, 11) is -0.686. The Bertz CT molecular complexity index is 1130. The summed E-state index contributed by atoms with van der Waals surface area (Å²) in [6.45, 7) is 1.81. The van der Waals surface area contributed by atoms with Crippen molar-refractivity contribution in [3.05, 3.63) is 33.5 Å². The number of aryl methyl sites for hydroxylation is 3. The number of aromatic nitrogens is 2. The van der Waals surface area contributed by atoms with Crippen LogP contribution in [0.4, 0.5) is 5.00 Å². The molecule has 0 bridgehead atoms. The van der Waals surface area contributed by atoms with Crippen LogP contribution in [-0.2, 0) is 34.9 Å². The molecule has 1 saturated heterocycles. The predicted octanol–water partition coefficient (Wildman–Crippen LogP) is 1.37. The van der Waals surface area contributed by atoms with Crippen molar-refractivity contribution in [2.45, 2.75) is 44.7 Å². The second-order valence-corrected chi connectivity index (χ2v) is 10.3. The van der Waals surface area contributed by atoms with Crippen LogP contribution in [0.25, 0.3) is 0 Å². The molecule has 2 atom stereocenters. The number of thiophene rings is 1. The van der Waals surface area contributed by atoms with Gasteiger partial charge in [-0.1, -0.05) is 0 Å². The Labute approximate surface area is 173 Å². The minimum atomic E-state index is -3.84. The van der Waals surface area contributed by atoms with Crippen LogP contribution in [0, 0.1) is 18.3 Å². The molecule has 154 valence electrons. The highest BCUT2D eigenvalue weighted by atomic mass is 32.2. The first-order chi connectivity index (χ1) is 13.7. The molecule has 2 unspecified atom stereocenters. The van der Waals surface area contributed by atoms with E-state index < -0.39 is 28.2 Å². The molecule has 0 radical (unpaired) electrons. The average molecular weight is 435 g/mol. The zero-order valence-corrected chi connectivity index (χ0v) is 18.0. The molecule has 2 N–H and O–H groups in total. The molecule has 2 aromatic rings. The summed E-state index contributed by atoms with van der Waals surface area (Å²) >= 11 is 1.42. The second-order valence-electron chi connectivity index (χ2n) is 7.45. The lowest BCUT2D eigenvalue weighted by Gasteiger charge is -2.35. The molecule has 0 spiro atoms. The van der Waals surface area contributed by atoms with Gasteiger partial charge in [0, 0.05) is 30.7 Å². The molecule has 0 saturated carbocycles. The Hall–Kier alpha value is -2.26. The fourth-order valence-electron chi connectivity index (χ4n) is 4.08. The van der Waals surface area contributed by atoms with Crippen LogP contribution in [0.1, 0.15) is 46.1 Å². The number of hydrogen-bond acceptors (Lipinski definition) is 6. The highest BCUT2D eigenvalue weighted by molar-refractivity contribution is 7.87. The summed E-state index contributed by atoms with van der Waals surface area (Å²) in [5, 5.41) is 17.1. The predicted molar refractivity (Wildman–Crippen MR) is 109 cm³/mol. The van der Waals surface area contributed by atoms with E-state index >= 15 is 0 Å². The van der Waals surface area contributed by atoms with Gasteiger partial charge in [0.2, 0.25) is 5.91 Å². The third-order valence-corrected chi connectivity index (χ3v) is 8.37. The van der Waals surface area contributed by atoms with Crippen LogP contribution < -0.4 is 10.0 Å². The number of amides is 1. The van der Waals surface area contributed by atoms with E-state index in [-0.39, 0.29) is 6.42 Å². The van der Waals surface area contributed by atoms with Crippen LogP contribution >= 0.6 is 11.3 Å². The van der Waals surface area contributed by atoms with Crippen molar-refractivity contribution in [1.82, 2.24) is 18.8 Å². The Balaban J connectivity index is 1.62. The van der Waals surface area contributed by atoms with E-state index in [1.54, 1.807) is 17.9 Å². The lowest BCUT2D eigenvalue weighted by molar-refractivity contribution is -0.120. The molecule has 0 aromatic carbocycles. The number of hydrogen-bond donors (Lipinski definition) is 2. The fourth-order valence-corrected chi connectivity index (χ4v) is 6.59. The van der Waals surface area contributed by atoms with Crippen molar-refractivity contribution in [3.63, 3.8) is 0 Å². The Kier molecular flexibility index (Phi) is 4.98. The monoisotopic (exact) mass is 434 g/mol. The van der Waals surface area contributed by atoms with Crippen LogP contribution in [0.15, 0.2) is 6.20 Å². The topological polar surface area (TPSA) is 120 Å². The highest BCUT2D eigenvalue weighted by Gasteiger charge is 2.42. The number of nitriles is 1. The second kappa shape index (κ2) is 7.21. The van der Waals surface area contributed by atoms with Crippen molar-refractivity contribution in [2.24, 2.45) is 7.05 Å². The van der Waals surface area contributed by atoms with E-state index in [4.69, 9.17) is 0 Å². The number of fused-ring (bicyclic) bond motifs is 1. The van der Waals surface area contributed by atoms with Crippen molar-refractivity contribution in [1.29, 1.82) is 5.26 Å². The molecule has 2 aromatic heterocycles. The van der Waals surface area contributed by atoms with E-state index in [0.717, 1.165) is 39.6 Å². The van der Waals surface area contributed by atoms with Crippen molar-refractivity contribution < 1.29 is 13.2 Å². The summed E-state index contributed by atoms with van der Waals surface area (Å²) in [6, 6.07) is 0.751. The Morgan fingerprint density at radius 3 is 2.83 bits per heavy atom. The SMILES string of the molecule is Cc1nn(C)cc1C1CC(C(=O)Nc2sc3c(c2C#N)CCC3)N(C)S(=O)(=O)N1. The molecule has 9 nitrogen and oxygen atoms in total. The first kappa shape index (κ1) is 20.0. The van der Waals surface area contributed by atoms with Crippen molar-refractivity contribution in [3.8, 4) is 6.07 Å². The van der Waals surface area contributed by atoms with Gasteiger partial charge in [-0.05, 0) is 38.2 Å². The lowest BCUT2D eigenvalue weighted by atomic mass is 10.00. The van der Waals surface area contributed by atoms with Gasteiger partial charge in [-0.15, -0.1) is 11.3 Å². The quantitative estimate of drug-likeness (QED) is 0.756. The van der Waals surface area contributed by atoms with E-state index in [1.807, 2.05) is 6.92 Å². The van der Waals surface area contributed by atoms with Gasteiger partial charge in [-0.3, -0.25) is 9.48 Å². The molecule has 1 aliphatic carbocycles. The molecular weight excluding hydrogens is 412 g/mol. The first-order valence-electron chi connectivity index (χ1n) is 9.32. The van der Waals surface area contributed by atoms with Crippen LogP contribution in [-0.4, -0.2) is 41.5 Å². The lowest BCUT2D eigenvalue weighted by Crippen LogP contribution is -2.56. The van der Waals surface area contributed by atoms with Gasteiger partial charge in [-0.25, -0.2) is 0 Å². The van der Waals surface area contributed by atoms with Gasteiger partial charge >= 0.3 is 0 Å². The minimum absolute atomic E-state index is 0.265. The Morgan fingerprint density at radius 1 is 1.41 bits per heavy atom. The van der Waals surface area contributed by atoms with E-state index in [1.165, 1.54) is 18.4 Å². The largest absolute Gasteiger partial charge is 0.315 e. The zero-order valence-electron chi connectivity index (χ0n) is 16.4. The number of carbonyl (C=O) groups excluding carboxylic acids is 1. The maximum Gasteiger partial charge on any atom is 0.280 e. The van der Waals surface area contributed by atoms with Gasteiger partial charge in [-0.2, -0.15) is 27.8 Å². The number of anilines is 1. The maximum absolute atomic E-state index is 13.1. The van der Waals surface area contributed by atoms with Gasteiger partial charge in [0.15, 0.2) is 0 Å². The maximum atomic E-state index is 13.1. The summed E-state index contributed by atoms with van der Waals surface area (Å²) in [5.41, 5.74) is 2.98. The van der Waals surface area contributed by atoms with E-state index in [2.05, 4.69) is 21.2 Å². The number of carbonyl (C=O) groups is 1. The molecule has 1 aliphatic heterocycles. The van der Waals surface area contributed by atoms with Gasteiger partial charge in [0.1, 0.15) is 17.1 Å². The summed E-state index contributed by atoms with van der Waals surface area (Å²) in [4.78, 5) is 14.2. The summed E-state index contributed by atoms with van der Waals surface area (Å²) in [5.74, 6) is -0.430. The number of nitrogens with one attached hydrogen (secondary N) is 2. The number of nitrogens with zero attached hydrogens (tertiary/aromatic N) is 4. The van der Waals surface area contributed by atoms with E-state index in [0.29, 0.717) is 16.3 Å². The molecular formula is C18H22N6O3S2. The number of rotatable bonds is 3. The first-order valence-corrected chi connectivity index (χ1v) is 11.6. The average Bonchev–Trinajstić information content (AvgIpc) is 3.31. The van der Waals surface area contributed by atoms with Gasteiger partial charge in [0.25, 0.3) is 10.2 Å². The molecule has 11 heteroatoms. The van der Waals surface area contributed by atoms with Crippen LogP contribution in [0.2, 0.25) is 0 Å². The smallest absolute Gasteiger partial charge is 0.280 e. The number of likely N-dealkylation sites (N-methyl/N-ethyl adjacent to an activating group) is 1. The minimum Gasteiger partial charge on any atom is -0.315 e. The summed E-state index contributed by atoms with van der Waals surface area (Å²) < 4.78 is 30.6. The molecule has 29 heavy (non-hydrogen) atoms. The molecule has 3 heterocycles. The summed E-state index contributed by atoms with van der Waals surface area (Å²) in [6.07, 6.45) is 4.80. The Morgan fingerprint density at radius 2 is 2.17 bits per heavy atom. The molecule has 1 fully saturated rings. The van der Waals surface area contributed by atoms with Crippen LogP contribution in [0.5, 0.6) is 0 Å². The van der Waals surface area contributed by atoms with Gasteiger partial charge in [0.05, 0.1) is 17.3 Å². The molecule has 4 rings (SSSR count). The third kappa shape index (κ3) is 3.46. The fraction of sp³-hybridized carbons (Fsp3) is 0.500. The highest BCUT2D eigenvalue weighted by Crippen LogP contribution is 2.39. The van der Waals surface area contributed by atoms with E-state index in [9.17, 15) is 18.5 Å². The molecule has 1 amide bonds. The standard InChI is InChI=1S/C18H22N6O3S2/c1-10-13(9-23(2)21-10)14-7-15(24(3)29(26,27)22-14)17(25)20-18-12(8-19)11-5-4-6-16(11)28-18/h9,14-15,22H,4-7H2,1-3H3,(H,20,25). The normalized spacial score (nSPS) is 23.5. The zero-order chi connectivity index (χ0) is 20.9.